The molecule has 1 amide bonds. The lowest BCUT2D eigenvalue weighted by Crippen LogP contribution is -2.53. The fraction of sp³-hybridized carbons (Fsp3) is 0.545. The first-order chi connectivity index (χ1) is 13.9. The van der Waals surface area contributed by atoms with Crippen molar-refractivity contribution in [3.8, 4) is 5.75 Å². The predicted molar refractivity (Wildman–Crippen MR) is 112 cm³/mol. The first-order valence-corrected chi connectivity index (χ1v) is 10.3. The average Bonchev–Trinajstić information content (AvgIpc) is 3.23. The summed E-state index contributed by atoms with van der Waals surface area (Å²) in [6.07, 6.45) is 1.83. The molecule has 1 aliphatic rings. The highest BCUT2D eigenvalue weighted by molar-refractivity contribution is 5.86. The van der Waals surface area contributed by atoms with Gasteiger partial charge in [0.15, 0.2) is 0 Å². The standard InChI is InChI=1S/C22H32N4O3/c1-17-15-18(2)26(24-17)12-14-29-20-7-5-19(6-8-20)16-25-11-4-9-22(25,3)21(28)23-10-13-27/h5-8,15,27H,4,9-14,16H2,1-3H3,(H,23,28). The highest BCUT2D eigenvalue weighted by atomic mass is 16.5. The van der Waals surface area contributed by atoms with E-state index in [0.29, 0.717) is 13.2 Å². The van der Waals surface area contributed by atoms with E-state index in [-0.39, 0.29) is 12.5 Å². The fourth-order valence-electron chi connectivity index (χ4n) is 3.95. The quantitative estimate of drug-likeness (QED) is 0.673. The van der Waals surface area contributed by atoms with Gasteiger partial charge in [0.05, 0.1) is 24.4 Å². The van der Waals surface area contributed by atoms with Gasteiger partial charge in [-0.3, -0.25) is 14.4 Å². The maximum atomic E-state index is 12.6. The predicted octanol–water partition coefficient (Wildman–Crippen LogP) is 2.04. The van der Waals surface area contributed by atoms with Crippen LogP contribution < -0.4 is 10.1 Å². The minimum Gasteiger partial charge on any atom is -0.492 e. The smallest absolute Gasteiger partial charge is 0.240 e. The maximum absolute atomic E-state index is 12.6. The van der Waals surface area contributed by atoms with Crippen molar-refractivity contribution in [2.24, 2.45) is 0 Å². The molecule has 0 radical (unpaired) electrons. The fourth-order valence-corrected chi connectivity index (χ4v) is 3.95. The van der Waals surface area contributed by atoms with Gasteiger partial charge in [0.1, 0.15) is 12.4 Å². The summed E-state index contributed by atoms with van der Waals surface area (Å²) in [5, 5.41) is 16.2. The van der Waals surface area contributed by atoms with Crippen molar-refractivity contribution >= 4 is 5.91 Å². The number of aromatic nitrogens is 2. The van der Waals surface area contributed by atoms with Crippen LogP contribution in [0.1, 0.15) is 36.7 Å². The molecule has 2 N–H and O–H groups in total. The van der Waals surface area contributed by atoms with Gasteiger partial charge in [-0.1, -0.05) is 12.1 Å². The molecule has 0 saturated carbocycles. The topological polar surface area (TPSA) is 79.6 Å². The van der Waals surface area contributed by atoms with E-state index in [2.05, 4.69) is 33.5 Å². The Morgan fingerprint density at radius 3 is 2.72 bits per heavy atom. The number of nitrogens with zero attached hydrogens (tertiary/aromatic N) is 3. The molecule has 0 aliphatic carbocycles. The molecule has 1 unspecified atom stereocenters. The molecule has 0 spiro atoms. The summed E-state index contributed by atoms with van der Waals surface area (Å²) < 4.78 is 7.82. The van der Waals surface area contributed by atoms with E-state index in [1.807, 2.05) is 37.6 Å². The van der Waals surface area contributed by atoms with E-state index in [1.54, 1.807) is 0 Å². The van der Waals surface area contributed by atoms with Gasteiger partial charge < -0.3 is 15.2 Å². The van der Waals surface area contributed by atoms with Crippen LogP contribution in [0.2, 0.25) is 0 Å². The molecule has 7 nitrogen and oxygen atoms in total. The van der Waals surface area contributed by atoms with E-state index >= 15 is 0 Å². The van der Waals surface area contributed by atoms with Gasteiger partial charge in [-0.25, -0.2) is 0 Å². The van der Waals surface area contributed by atoms with E-state index < -0.39 is 5.54 Å². The number of benzene rings is 1. The highest BCUT2D eigenvalue weighted by Gasteiger charge is 2.42. The third-order valence-electron chi connectivity index (χ3n) is 5.65. The van der Waals surface area contributed by atoms with Crippen molar-refractivity contribution in [3.05, 3.63) is 47.3 Å². The first-order valence-electron chi connectivity index (χ1n) is 10.3. The second kappa shape index (κ2) is 9.41. The maximum Gasteiger partial charge on any atom is 0.240 e. The monoisotopic (exact) mass is 400 g/mol. The number of ether oxygens (including phenoxy) is 1. The Balaban J connectivity index is 1.53. The molecule has 1 aromatic carbocycles. The van der Waals surface area contributed by atoms with Crippen LogP contribution >= 0.6 is 0 Å². The number of aliphatic hydroxyl groups excluding tert-OH is 1. The highest BCUT2D eigenvalue weighted by Crippen LogP contribution is 2.31. The van der Waals surface area contributed by atoms with Gasteiger partial charge >= 0.3 is 0 Å². The van der Waals surface area contributed by atoms with Crippen LogP contribution in [-0.2, 0) is 17.9 Å². The second-order valence-electron chi connectivity index (χ2n) is 7.92. The molecular formula is C22H32N4O3. The number of carbonyl (C=O) groups is 1. The lowest BCUT2D eigenvalue weighted by Gasteiger charge is -2.34. The molecule has 3 rings (SSSR count). The van der Waals surface area contributed by atoms with E-state index in [9.17, 15) is 4.79 Å². The number of amides is 1. The number of carbonyl (C=O) groups excluding carboxylic acids is 1. The van der Waals surface area contributed by atoms with Crippen LogP contribution in [0.5, 0.6) is 5.75 Å². The molecule has 1 aliphatic heterocycles. The van der Waals surface area contributed by atoms with Gasteiger partial charge in [0.25, 0.3) is 0 Å². The third-order valence-corrected chi connectivity index (χ3v) is 5.65. The van der Waals surface area contributed by atoms with E-state index in [0.717, 1.165) is 55.2 Å². The number of nitrogens with one attached hydrogen (secondary N) is 1. The number of rotatable bonds is 9. The van der Waals surface area contributed by atoms with E-state index in [1.165, 1.54) is 0 Å². The molecule has 1 aromatic heterocycles. The normalized spacial score (nSPS) is 19.4. The summed E-state index contributed by atoms with van der Waals surface area (Å²) in [5.74, 6) is 0.827. The Kier molecular flexibility index (Phi) is 6.92. The van der Waals surface area contributed by atoms with Crippen molar-refractivity contribution in [1.82, 2.24) is 20.0 Å². The summed E-state index contributed by atoms with van der Waals surface area (Å²) in [6.45, 7) is 9.18. The number of hydrogen-bond acceptors (Lipinski definition) is 5. The minimum absolute atomic E-state index is 0.00634. The molecule has 1 atom stereocenters. The van der Waals surface area contributed by atoms with Crippen LogP contribution in [0, 0.1) is 13.8 Å². The van der Waals surface area contributed by atoms with Crippen LogP contribution in [0.4, 0.5) is 0 Å². The summed E-state index contributed by atoms with van der Waals surface area (Å²) >= 11 is 0. The Morgan fingerprint density at radius 1 is 1.31 bits per heavy atom. The molecule has 2 aromatic rings. The summed E-state index contributed by atoms with van der Waals surface area (Å²) in [4.78, 5) is 14.8. The van der Waals surface area contributed by atoms with Crippen molar-refractivity contribution in [1.29, 1.82) is 0 Å². The van der Waals surface area contributed by atoms with Gasteiger partial charge in [0, 0.05) is 18.8 Å². The largest absolute Gasteiger partial charge is 0.492 e. The molecule has 158 valence electrons. The van der Waals surface area contributed by atoms with Crippen molar-refractivity contribution in [2.75, 3.05) is 26.3 Å². The summed E-state index contributed by atoms with van der Waals surface area (Å²) in [6, 6.07) is 10.1. The van der Waals surface area contributed by atoms with Crippen LogP contribution in [0.25, 0.3) is 0 Å². The van der Waals surface area contributed by atoms with Gasteiger partial charge in [0.2, 0.25) is 5.91 Å². The zero-order valence-electron chi connectivity index (χ0n) is 17.6. The van der Waals surface area contributed by atoms with Crippen molar-refractivity contribution < 1.29 is 14.6 Å². The summed E-state index contributed by atoms with van der Waals surface area (Å²) in [5.41, 5.74) is 2.78. The van der Waals surface area contributed by atoms with Crippen LogP contribution in [0.3, 0.4) is 0 Å². The first kappa shape index (κ1) is 21.3. The number of likely N-dealkylation sites (tertiary alicyclic amines) is 1. The third kappa shape index (κ3) is 5.16. The molecular weight excluding hydrogens is 368 g/mol. The zero-order valence-corrected chi connectivity index (χ0v) is 17.6. The molecule has 2 heterocycles. The van der Waals surface area contributed by atoms with Crippen LogP contribution in [-0.4, -0.2) is 57.5 Å². The Bertz CT molecular complexity index is 818. The number of aryl methyl sites for hydroxylation is 2. The zero-order chi connectivity index (χ0) is 20.9. The van der Waals surface area contributed by atoms with Gasteiger partial charge in [-0.15, -0.1) is 0 Å². The SMILES string of the molecule is Cc1cc(C)n(CCOc2ccc(CN3CCCC3(C)C(=O)NCCO)cc2)n1. The Hall–Kier alpha value is -2.38. The minimum atomic E-state index is -0.524. The Morgan fingerprint density at radius 2 is 2.07 bits per heavy atom. The summed E-state index contributed by atoms with van der Waals surface area (Å²) in [7, 11) is 0. The van der Waals surface area contributed by atoms with Crippen molar-refractivity contribution in [3.63, 3.8) is 0 Å². The number of hydrogen-bond donors (Lipinski definition) is 2. The van der Waals surface area contributed by atoms with Gasteiger partial charge in [-0.2, -0.15) is 5.10 Å². The molecule has 7 heteroatoms. The van der Waals surface area contributed by atoms with Crippen molar-refractivity contribution in [2.45, 2.75) is 52.2 Å². The van der Waals surface area contributed by atoms with Crippen LogP contribution in [0.15, 0.2) is 30.3 Å². The Labute approximate surface area is 172 Å². The second-order valence-corrected chi connectivity index (χ2v) is 7.92. The lowest BCUT2D eigenvalue weighted by atomic mass is 9.97. The molecule has 1 fully saturated rings. The molecule has 0 bridgehead atoms. The van der Waals surface area contributed by atoms with Gasteiger partial charge in [-0.05, 0) is 63.9 Å². The molecule has 29 heavy (non-hydrogen) atoms. The molecule has 1 saturated heterocycles. The number of aliphatic hydroxyl groups is 1. The van der Waals surface area contributed by atoms with E-state index in [4.69, 9.17) is 9.84 Å². The lowest BCUT2D eigenvalue weighted by molar-refractivity contribution is -0.131. The average molecular weight is 401 g/mol.